The van der Waals surface area contributed by atoms with Gasteiger partial charge >= 0.3 is 5.97 Å². The van der Waals surface area contributed by atoms with E-state index in [1.165, 1.54) is 12.5 Å². The summed E-state index contributed by atoms with van der Waals surface area (Å²) in [6.07, 6.45) is 2.10. The first-order valence-corrected chi connectivity index (χ1v) is 18.9. The van der Waals surface area contributed by atoms with E-state index in [4.69, 9.17) is 23.9 Å². The second kappa shape index (κ2) is 15.1. The average molecular weight is 728 g/mol. The van der Waals surface area contributed by atoms with Crippen LogP contribution in [0.1, 0.15) is 60.3 Å². The molecule has 1 unspecified atom stereocenters. The summed E-state index contributed by atoms with van der Waals surface area (Å²) in [4.78, 5) is 17.1. The number of nitrogens with zero attached hydrogens (tertiary/aromatic N) is 1. The predicted octanol–water partition coefficient (Wildman–Crippen LogP) is 10.7. The van der Waals surface area contributed by atoms with Crippen LogP contribution >= 0.6 is 0 Å². The lowest BCUT2D eigenvalue weighted by molar-refractivity contribution is -0.164. The molecule has 1 aliphatic heterocycles. The van der Waals surface area contributed by atoms with Crippen molar-refractivity contribution in [2.75, 3.05) is 19.8 Å². The van der Waals surface area contributed by atoms with Crippen molar-refractivity contribution in [1.82, 2.24) is 4.98 Å². The van der Waals surface area contributed by atoms with Crippen LogP contribution in [0.3, 0.4) is 0 Å². The van der Waals surface area contributed by atoms with Gasteiger partial charge in [-0.25, -0.2) is 0 Å². The fourth-order valence-corrected chi connectivity index (χ4v) is 8.15. The third kappa shape index (κ3) is 7.00. The molecule has 0 spiro atoms. The average Bonchev–Trinajstić information content (AvgIpc) is 3.21. The zero-order valence-electron chi connectivity index (χ0n) is 31.8. The fraction of sp³-hybridized carbons (Fsp3) is 0.224. The van der Waals surface area contributed by atoms with Crippen LogP contribution in [-0.2, 0) is 31.0 Å². The van der Waals surface area contributed by atoms with Gasteiger partial charge in [-0.05, 0) is 88.7 Å². The molecule has 1 aromatic heterocycles. The van der Waals surface area contributed by atoms with E-state index in [1.807, 2.05) is 38.2 Å². The normalized spacial score (nSPS) is 13.4. The summed E-state index contributed by atoms with van der Waals surface area (Å²) in [6.45, 7) is 8.35. The molecule has 0 radical (unpaired) electrons. The highest BCUT2D eigenvalue weighted by Gasteiger charge is 2.40. The summed E-state index contributed by atoms with van der Waals surface area (Å²) in [7, 11) is 0. The molecule has 0 amide bonds. The van der Waals surface area contributed by atoms with Gasteiger partial charge in [0.1, 0.15) is 24.1 Å². The number of rotatable bonds is 12. The summed E-state index contributed by atoms with van der Waals surface area (Å²) in [5.74, 6) is 0.490. The molecule has 55 heavy (non-hydrogen) atoms. The molecule has 1 aliphatic rings. The van der Waals surface area contributed by atoms with Gasteiger partial charge in [-0.2, -0.15) is 0 Å². The van der Waals surface area contributed by atoms with E-state index < -0.39 is 17.3 Å². The van der Waals surface area contributed by atoms with E-state index in [-0.39, 0.29) is 19.2 Å². The zero-order chi connectivity index (χ0) is 38.0. The molecule has 8 rings (SSSR count). The SMILES string of the molecule is CC(=O)OCC(C)(C)OC(COC(c1ccccc1)(c1ccccc1)c1ccccc1)c1c(C)cc2ccccc2c1-c1ccc2c3c(ccnc13)CCO2. The van der Waals surface area contributed by atoms with Crippen molar-refractivity contribution in [3.8, 4) is 16.9 Å². The number of aryl methyl sites for hydroxylation is 1. The van der Waals surface area contributed by atoms with Crippen LogP contribution in [0.2, 0.25) is 0 Å². The molecule has 6 nitrogen and oxygen atoms in total. The van der Waals surface area contributed by atoms with Crippen molar-refractivity contribution in [3.63, 3.8) is 0 Å². The monoisotopic (exact) mass is 727 g/mol. The minimum Gasteiger partial charge on any atom is -0.493 e. The number of aromatic nitrogens is 1. The number of fused-ring (bicyclic) bond motifs is 1. The Morgan fingerprint density at radius 3 is 2.05 bits per heavy atom. The maximum atomic E-state index is 12.1. The fourth-order valence-electron chi connectivity index (χ4n) is 8.15. The maximum absolute atomic E-state index is 12.1. The van der Waals surface area contributed by atoms with Crippen LogP contribution in [0, 0.1) is 6.92 Å². The van der Waals surface area contributed by atoms with Crippen LogP contribution in [0.4, 0.5) is 0 Å². The number of esters is 1. The van der Waals surface area contributed by atoms with Gasteiger partial charge in [0.25, 0.3) is 0 Å². The van der Waals surface area contributed by atoms with Gasteiger partial charge in [-0.1, -0.05) is 121 Å². The summed E-state index contributed by atoms with van der Waals surface area (Å²) in [5.41, 5.74) is 7.28. The second-order valence-electron chi connectivity index (χ2n) is 14.8. The molecule has 6 aromatic carbocycles. The number of pyridine rings is 1. The van der Waals surface area contributed by atoms with Crippen molar-refractivity contribution < 1.29 is 23.7 Å². The molecule has 0 N–H and O–H groups in total. The summed E-state index contributed by atoms with van der Waals surface area (Å²) >= 11 is 0. The van der Waals surface area contributed by atoms with Crippen LogP contribution in [0.25, 0.3) is 32.8 Å². The van der Waals surface area contributed by atoms with Gasteiger partial charge in [-0.15, -0.1) is 0 Å². The highest BCUT2D eigenvalue weighted by atomic mass is 16.6. The molecule has 7 aromatic rings. The van der Waals surface area contributed by atoms with E-state index in [0.29, 0.717) is 6.61 Å². The number of ether oxygens (including phenoxy) is 4. The largest absolute Gasteiger partial charge is 0.493 e. The summed E-state index contributed by atoms with van der Waals surface area (Å²) in [6, 6.07) is 48.1. The Kier molecular flexibility index (Phi) is 9.95. The van der Waals surface area contributed by atoms with E-state index in [1.54, 1.807) is 0 Å². The van der Waals surface area contributed by atoms with Gasteiger partial charge in [0, 0.05) is 30.5 Å². The molecular weight excluding hydrogens is 683 g/mol. The van der Waals surface area contributed by atoms with Crippen molar-refractivity contribution in [3.05, 3.63) is 179 Å². The molecule has 1 atom stereocenters. The first-order valence-electron chi connectivity index (χ1n) is 18.9. The Hall–Kier alpha value is -5.82. The molecular formula is C49H45NO5. The molecule has 0 aliphatic carbocycles. The van der Waals surface area contributed by atoms with Crippen LogP contribution < -0.4 is 4.74 Å². The molecule has 0 bridgehead atoms. The van der Waals surface area contributed by atoms with Crippen molar-refractivity contribution in [2.45, 2.75) is 51.4 Å². The Bertz CT molecular complexity index is 2350. The highest BCUT2D eigenvalue weighted by Crippen LogP contribution is 2.47. The van der Waals surface area contributed by atoms with E-state index in [0.717, 1.165) is 72.8 Å². The Morgan fingerprint density at radius 1 is 0.800 bits per heavy atom. The molecule has 6 heteroatoms. The quantitative estimate of drug-likeness (QED) is 0.0922. The third-order valence-corrected chi connectivity index (χ3v) is 10.5. The highest BCUT2D eigenvalue weighted by molar-refractivity contribution is 6.08. The topological polar surface area (TPSA) is 66.9 Å². The number of carbonyl (C=O) groups excluding carboxylic acids is 1. The van der Waals surface area contributed by atoms with Gasteiger partial charge in [0.15, 0.2) is 0 Å². The smallest absolute Gasteiger partial charge is 0.302 e. The number of benzene rings is 6. The molecule has 0 fully saturated rings. The van der Waals surface area contributed by atoms with E-state index in [9.17, 15) is 4.79 Å². The molecule has 2 heterocycles. The Balaban J connectivity index is 1.37. The molecule has 0 saturated heterocycles. The number of carbonyl (C=O) groups is 1. The Morgan fingerprint density at radius 2 is 1.42 bits per heavy atom. The van der Waals surface area contributed by atoms with Gasteiger partial charge in [0.2, 0.25) is 0 Å². The van der Waals surface area contributed by atoms with E-state index in [2.05, 4.69) is 128 Å². The van der Waals surface area contributed by atoms with Crippen LogP contribution in [0.5, 0.6) is 5.75 Å². The standard InChI is InChI=1S/C49H45NO5/c1-33-30-36-16-14-15-23-40(36)46(41-24-25-42-45-35(27-29-52-42)26-28-50-47(41)45)44(33)43(55-48(3,4)32-53-34(2)51)31-54-49(37-17-8-5-9-18-37,38-19-10-6-11-20-38)39-21-12-7-13-22-39/h5-26,28,30,43H,27,29,31-32H2,1-4H3. The zero-order valence-corrected chi connectivity index (χ0v) is 31.8. The lowest BCUT2D eigenvalue weighted by Crippen LogP contribution is -2.38. The van der Waals surface area contributed by atoms with Crippen LogP contribution in [0.15, 0.2) is 146 Å². The first-order chi connectivity index (χ1) is 26.7. The summed E-state index contributed by atoms with van der Waals surface area (Å²) < 4.78 is 26.5. The second-order valence-corrected chi connectivity index (χ2v) is 14.8. The van der Waals surface area contributed by atoms with Gasteiger partial charge in [0.05, 0.1) is 24.3 Å². The predicted molar refractivity (Wildman–Crippen MR) is 218 cm³/mol. The third-order valence-electron chi connectivity index (χ3n) is 10.5. The lowest BCUT2D eigenvalue weighted by atomic mass is 9.80. The number of hydrogen-bond donors (Lipinski definition) is 0. The molecule has 276 valence electrons. The van der Waals surface area contributed by atoms with Crippen molar-refractivity contribution in [1.29, 1.82) is 0 Å². The van der Waals surface area contributed by atoms with Gasteiger partial charge < -0.3 is 18.9 Å². The van der Waals surface area contributed by atoms with Crippen molar-refractivity contribution in [2.24, 2.45) is 0 Å². The van der Waals surface area contributed by atoms with Crippen LogP contribution in [-0.4, -0.2) is 36.4 Å². The minimum atomic E-state index is -0.991. The van der Waals surface area contributed by atoms with Gasteiger partial charge in [-0.3, -0.25) is 9.78 Å². The van der Waals surface area contributed by atoms with E-state index >= 15 is 0 Å². The number of hydrogen-bond acceptors (Lipinski definition) is 6. The minimum absolute atomic E-state index is 0.0713. The van der Waals surface area contributed by atoms with Crippen molar-refractivity contribution >= 4 is 27.6 Å². The lowest BCUT2D eigenvalue weighted by Gasteiger charge is -2.39. The maximum Gasteiger partial charge on any atom is 0.302 e. The summed E-state index contributed by atoms with van der Waals surface area (Å²) in [5, 5.41) is 3.23. The Labute approximate surface area is 322 Å². The first kappa shape index (κ1) is 36.2. The molecule has 0 saturated carbocycles.